The van der Waals surface area contributed by atoms with Crippen LogP contribution in [0.4, 0.5) is 0 Å². The zero-order valence-electron chi connectivity index (χ0n) is 17.9. The molecular weight excluding hydrogens is 390 g/mol. The molecule has 1 atom stereocenters. The second-order valence-electron chi connectivity index (χ2n) is 7.56. The summed E-state index contributed by atoms with van der Waals surface area (Å²) in [6, 6.07) is 19.6. The molecular formula is C25H27N3O3. The number of hydrogen-bond donors (Lipinski definition) is 1. The SMILES string of the molecule is CCC(C)c1ccc(OCCn2c(CNC(=O)c3ccco3)nc3ccccc32)cc1. The van der Waals surface area contributed by atoms with Crippen LogP contribution < -0.4 is 10.1 Å². The highest BCUT2D eigenvalue weighted by Gasteiger charge is 2.14. The Balaban J connectivity index is 1.43. The molecule has 2 heterocycles. The van der Waals surface area contributed by atoms with Crippen molar-refractivity contribution in [3.8, 4) is 5.75 Å². The number of fused-ring (bicyclic) bond motifs is 1. The molecule has 0 saturated heterocycles. The third kappa shape index (κ3) is 4.79. The number of hydrogen-bond acceptors (Lipinski definition) is 4. The quantitative estimate of drug-likeness (QED) is 0.409. The minimum atomic E-state index is -0.263. The number of benzene rings is 2. The number of carbonyl (C=O) groups excluding carboxylic acids is 1. The standard InChI is InChI=1S/C25H27N3O3/c1-3-18(2)19-10-12-20(13-11-19)30-16-14-28-22-8-5-4-7-21(22)27-24(28)17-26-25(29)23-9-6-15-31-23/h4-13,15,18H,3,14,16-17H2,1-2H3,(H,26,29). The van der Waals surface area contributed by atoms with Gasteiger partial charge < -0.3 is 19.0 Å². The molecule has 0 radical (unpaired) electrons. The zero-order valence-corrected chi connectivity index (χ0v) is 17.9. The van der Waals surface area contributed by atoms with Crippen LogP contribution in [-0.4, -0.2) is 22.1 Å². The van der Waals surface area contributed by atoms with Gasteiger partial charge >= 0.3 is 0 Å². The topological polar surface area (TPSA) is 69.3 Å². The Kier molecular flexibility index (Phi) is 6.36. The number of amides is 1. The van der Waals surface area contributed by atoms with E-state index >= 15 is 0 Å². The summed E-state index contributed by atoms with van der Waals surface area (Å²) >= 11 is 0. The van der Waals surface area contributed by atoms with E-state index in [9.17, 15) is 4.79 Å². The molecule has 1 unspecified atom stereocenters. The Hall–Kier alpha value is -3.54. The molecule has 160 valence electrons. The summed E-state index contributed by atoms with van der Waals surface area (Å²) in [4.78, 5) is 16.9. The summed E-state index contributed by atoms with van der Waals surface area (Å²) in [6.07, 6.45) is 2.60. The highest BCUT2D eigenvalue weighted by Crippen LogP contribution is 2.22. The van der Waals surface area contributed by atoms with Gasteiger partial charge in [0.2, 0.25) is 0 Å². The molecule has 4 rings (SSSR count). The van der Waals surface area contributed by atoms with Gasteiger partial charge in [-0.2, -0.15) is 0 Å². The Labute approximate surface area is 181 Å². The van der Waals surface area contributed by atoms with E-state index in [0.717, 1.165) is 29.0 Å². The molecule has 2 aromatic carbocycles. The fourth-order valence-corrected chi connectivity index (χ4v) is 3.55. The lowest BCUT2D eigenvalue weighted by Crippen LogP contribution is -2.25. The van der Waals surface area contributed by atoms with Gasteiger partial charge in [0.25, 0.3) is 5.91 Å². The normalized spacial score (nSPS) is 12.1. The average molecular weight is 418 g/mol. The van der Waals surface area contributed by atoms with E-state index in [0.29, 0.717) is 25.6 Å². The fourth-order valence-electron chi connectivity index (χ4n) is 3.55. The first-order valence-electron chi connectivity index (χ1n) is 10.6. The van der Waals surface area contributed by atoms with Gasteiger partial charge in [-0.3, -0.25) is 4.79 Å². The van der Waals surface area contributed by atoms with Crippen LogP contribution in [0.5, 0.6) is 5.75 Å². The largest absolute Gasteiger partial charge is 0.492 e. The zero-order chi connectivity index (χ0) is 21.6. The van der Waals surface area contributed by atoms with Crippen molar-refractivity contribution in [2.24, 2.45) is 0 Å². The van der Waals surface area contributed by atoms with Gasteiger partial charge in [-0.1, -0.05) is 38.1 Å². The van der Waals surface area contributed by atoms with Crippen LogP contribution >= 0.6 is 0 Å². The molecule has 1 amide bonds. The van der Waals surface area contributed by atoms with Crippen LogP contribution in [-0.2, 0) is 13.1 Å². The Morgan fingerprint density at radius 3 is 2.68 bits per heavy atom. The molecule has 2 aromatic heterocycles. The number of carbonyl (C=O) groups is 1. The van der Waals surface area contributed by atoms with Gasteiger partial charge in [-0.25, -0.2) is 4.98 Å². The van der Waals surface area contributed by atoms with Gasteiger partial charge in [-0.05, 0) is 54.3 Å². The highest BCUT2D eigenvalue weighted by atomic mass is 16.5. The number of nitrogens with zero attached hydrogens (tertiary/aromatic N) is 2. The number of rotatable bonds is 9. The number of para-hydroxylation sites is 2. The molecule has 0 fully saturated rings. The van der Waals surface area contributed by atoms with Crippen LogP contribution in [0.1, 0.15) is 48.1 Å². The first-order valence-corrected chi connectivity index (χ1v) is 10.6. The average Bonchev–Trinajstić information content (AvgIpc) is 3.46. The lowest BCUT2D eigenvalue weighted by molar-refractivity contribution is 0.0921. The molecule has 31 heavy (non-hydrogen) atoms. The smallest absolute Gasteiger partial charge is 0.287 e. The van der Waals surface area contributed by atoms with Crippen molar-refractivity contribution in [1.82, 2.24) is 14.9 Å². The van der Waals surface area contributed by atoms with Gasteiger partial charge in [0.05, 0.1) is 30.4 Å². The van der Waals surface area contributed by atoms with Crippen LogP contribution in [0.2, 0.25) is 0 Å². The molecule has 0 bridgehead atoms. The van der Waals surface area contributed by atoms with Crippen molar-refractivity contribution in [1.29, 1.82) is 0 Å². The molecule has 0 saturated carbocycles. The van der Waals surface area contributed by atoms with Crippen LogP contribution in [0.3, 0.4) is 0 Å². The van der Waals surface area contributed by atoms with E-state index in [2.05, 4.69) is 35.9 Å². The predicted octanol–water partition coefficient (Wildman–Crippen LogP) is 5.15. The van der Waals surface area contributed by atoms with Gasteiger partial charge in [-0.15, -0.1) is 0 Å². The first kappa shape index (κ1) is 20.7. The van der Waals surface area contributed by atoms with E-state index in [-0.39, 0.29) is 11.7 Å². The van der Waals surface area contributed by atoms with Crippen molar-refractivity contribution in [3.63, 3.8) is 0 Å². The molecule has 0 aliphatic heterocycles. The molecule has 6 nitrogen and oxygen atoms in total. The third-order valence-corrected chi connectivity index (χ3v) is 5.53. The fraction of sp³-hybridized carbons (Fsp3) is 0.280. The predicted molar refractivity (Wildman–Crippen MR) is 120 cm³/mol. The highest BCUT2D eigenvalue weighted by molar-refractivity contribution is 5.91. The summed E-state index contributed by atoms with van der Waals surface area (Å²) in [7, 11) is 0. The maximum atomic E-state index is 12.2. The number of furan rings is 1. The van der Waals surface area contributed by atoms with Crippen molar-refractivity contribution in [2.45, 2.75) is 39.3 Å². The van der Waals surface area contributed by atoms with E-state index in [4.69, 9.17) is 14.1 Å². The maximum absolute atomic E-state index is 12.2. The molecule has 6 heteroatoms. The van der Waals surface area contributed by atoms with E-state index in [1.807, 2.05) is 36.4 Å². The van der Waals surface area contributed by atoms with Gasteiger partial charge in [0.15, 0.2) is 5.76 Å². The molecule has 1 N–H and O–H groups in total. The molecule has 0 aliphatic rings. The molecule has 4 aromatic rings. The minimum absolute atomic E-state index is 0.263. The maximum Gasteiger partial charge on any atom is 0.287 e. The molecule has 0 spiro atoms. The lowest BCUT2D eigenvalue weighted by atomic mass is 9.99. The Morgan fingerprint density at radius 2 is 1.94 bits per heavy atom. The van der Waals surface area contributed by atoms with Crippen molar-refractivity contribution in [3.05, 3.63) is 84.1 Å². The summed E-state index contributed by atoms with van der Waals surface area (Å²) in [6.45, 7) is 5.85. The minimum Gasteiger partial charge on any atom is -0.492 e. The van der Waals surface area contributed by atoms with E-state index < -0.39 is 0 Å². The first-order chi connectivity index (χ1) is 15.2. The number of aromatic nitrogens is 2. The number of imidazole rings is 1. The van der Waals surface area contributed by atoms with E-state index in [1.165, 1.54) is 11.8 Å². The molecule has 0 aliphatic carbocycles. The Bertz CT molecular complexity index is 1130. The van der Waals surface area contributed by atoms with Gasteiger partial charge in [0, 0.05) is 0 Å². The van der Waals surface area contributed by atoms with Crippen LogP contribution in [0.25, 0.3) is 11.0 Å². The second kappa shape index (κ2) is 9.51. The monoisotopic (exact) mass is 417 g/mol. The third-order valence-electron chi connectivity index (χ3n) is 5.53. The van der Waals surface area contributed by atoms with Crippen molar-refractivity contribution in [2.75, 3.05) is 6.61 Å². The van der Waals surface area contributed by atoms with Crippen molar-refractivity contribution < 1.29 is 13.9 Å². The summed E-state index contributed by atoms with van der Waals surface area (Å²) in [5, 5.41) is 2.88. The second-order valence-corrected chi connectivity index (χ2v) is 7.56. The van der Waals surface area contributed by atoms with Crippen LogP contribution in [0.15, 0.2) is 71.3 Å². The van der Waals surface area contributed by atoms with Crippen molar-refractivity contribution >= 4 is 16.9 Å². The summed E-state index contributed by atoms with van der Waals surface area (Å²) in [5.74, 6) is 2.19. The number of ether oxygens (including phenoxy) is 1. The summed E-state index contributed by atoms with van der Waals surface area (Å²) in [5.41, 5.74) is 3.23. The Morgan fingerprint density at radius 1 is 1.13 bits per heavy atom. The van der Waals surface area contributed by atoms with E-state index in [1.54, 1.807) is 12.1 Å². The summed E-state index contributed by atoms with van der Waals surface area (Å²) < 4.78 is 13.2. The number of nitrogens with one attached hydrogen (secondary N) is 1. The van der Waals surface area contributed by atoms with Crippen LogP contribution in [0, 0.1) is 0 Å². The lowest BCUT2D eigenvalue weighted by Gasteiger charge is -2.13. The van der Waals surface area contributed by atoms with Gasteiger partial charge in [0.1, 0.15) is 18.2 Å².